The first kappa shape index (κ1) is 17.0. The van der Waals surface area contributed by atoms with Gasteiger partial charge in [-0.25, -0.2) is 4.79 Å². The van der Waals surface area contributed by atoms with Crippen LogP contribution in [0.1, 0.15) is 38.5 Å². The maximum atomic E-state index is 12.7. The van der Waals surface area contributed by atoms with Crippen molar-refractivity contribution >= 4 is 5.91 Å². The summed E-state index contributed by atoms with van der Waals surface area (Å²) in [5.74, 6) is -0.0322. The normalized spacial score (nSPS) is 22.0. The molecule has 1 aromatic rings. The van der Waals surface area contributed by atoms with E-state index in [1.807, 2.05) is 4.90 Å². The lowest BCUT2D eigenvalue weighted by Gasteiger charge is -2.36. The standard InChI is InChI=1S/C17H26N4O3/c22-15-7-12-20(17(24)18-15)13-16(23)21-10-2-1-5-14(21)6-11-19-8-3-4-9-19/h7,12,14H,1-6,8-11,13H2,(H,18,22,24). The fourth-order valence-corrected chi connectivity index (χ4v) is 3.77. The first-order valence-corrected chi connectivity index (χ1v) is 8.95. The number of rotatable bonds is 5. The second kappa shape index (κ2) is 7.79. The summed E-state index contributed by atoms with van der Waals surface area (Å²) in [5, 5.41) is 0. The smallest absolute Gasteiger partial charge is 0.328 e. The van der Waals surface area contributed by atoms with Gasteiger partial charge in [-0.2, -0.15) is 0 Å². The SMILES string of the molecule is O=C(Cn1ccc(=O)[nH]c1=O)N1CCCCC1CCN1CCCC1. The van der Waals surface area contributed by atoms with Crippen molar-refractivity contribution < 1.29 is 4.79 Å². The molecule has 0 aliphatic carbocycles. The third-order valence-corrected chi connectivity index (χ3v) is 5.13. The molecule has 0 spiro atoms. The third-order valence-electron chi connectivity index (χ3n) is 5.13. The summed E-state index contributed by atoms with van der Waals surface area (Å²) in [5.41, 5.74) is -0.966. The minimum Gasteiger partial charge on any atom is -0.338 e. The maximum Gasteiger partial charge on any atom is 0.328 e. The van der Waals surface area contributed by atoms with Crippen LogP contribution in [0.4, 0.5) is 0 Å². The lowest BCUT2D eigenvalue weighted by Crippen LogP contribution is -2.47. The van der Waals surface area contributed by atoms with Crippen LogP contribution in [0, 0.1) is 0 Å². The molecule has 0 saturated carbocycles. The van der Waals surface area contributed by atoms with Gasteiger partial charge in [0.25, 0.3) is 5.56 Å². The van der Waals surface area contributed by atoms with Crippen molar-refractivity contribution in [1.29, 1.82) is 0 Å². The molecule has 2 aliphatic heterocycles. The Morgan fingerprint density at radius 3 is 2.62 bits per heavy atom. The molecule has 0 radical (unpaired) electrons. The number of hydrogen-bond donors (Lipinski definition) is 1. The summed E-state index contributed by atoms with van der Waals surface area (Å²) in [6.07, 6.45) is 8.18. The molecule has 0 bridgehead atoms. The van der Waals surface area contributed by atoms with Gasteiger partial charge >= 0.3 is 5.69 Å². The minimum absolute atomic E-state index is 0.00414. The van der Waals surface area contributed by atoms with Gasteiger partial charge in [-0.3, -0.25) is 19.1 Å². The predicted molar refractivity (Wildman–Crippen MR) is 91.0 cm³/mol. The second-order valence-electron chi connectivity index (χ2n) is 6.81. The summed E-state index contributed by atoms with van der Waals surface area (Å²) >= 11 is 0. The van der Waals surface area contributed by atoms with Crippen LogP contribution in [0.3, 0.4) is 0 Å². The largest absolute Gasteiger partial charge is 0.338 e. The van der Waals surface area contributed by atoms with E-state index in [0.29, 0.717) is 0 Å². The van der Waals surface area contributed by atoms with Crippen molar-refractivity contribution in [2.45, 2.75) is 51.1 Å². The first-order chi connectivity index (χ1) is 11.6. The summed E-state index contributed by atoms with van der Waals surface area (Å²) in [7, 11) is 0. The molecule has 2 fully saturated rings. The van der Waals surface area contributed by atoms with Crippen LogP contribution in [0.15, 0.2) is 21.9 Å². The van der Waals surface area contributed by atoms with Crippen molar-refractivity contribution in [2.75, 3.05) is 26.2 Å². The zero-order valence-electron chi connectivity index (χ0n) is 14.1. The van der Waals surface area contributed by atoms with Gasteiger partial charge < -0.3 is 9.80 Å². The molecule has 7 nitrogen and oxygen atoms in total. The monoisotopic (exact) mass is 334 g/mol. The Hall–Kier alpha value is -1.89. The maximum absolute atomic E-state index is 12.7. The highest BCUT2D eigenvalue weighted by atomic mass is 16.2. The Labute approximate surface area is 141 Å². The molecule has 7 heteroatoms. The zero-order valence-corrected chi connectivity index (χ0v) is 14.1. The summed E-state index contributed by atoms with van der Waals surface area (Å²) in [6, 6.07) is 1.54. The van der Waals surface area contributed by atoms with Gasteiger partial charge in [0, 0.05) is 31.4 Å². The van der Waals surface area contributed by atoms with Gasteiger partial charge in [0.1, 0.15) is 6.54 Å². The van der Waals surface area contributed by atoms with E-state index >= 15 is 0 Å². The highest BCUT2D eigenvalue weighted by Gasteiger charge is 2.27. The molecule has 1 N–H and O–H groups in total. The number of aromatic amines is 1. The topological polar surface area (TPSA) is 78.4 Å². The summed E-state index contributed by atoms with van der Waals surface area (Å²) in [4.78, 5) is 42.2. The molecule has 1 amide bonds. The highest BCUT2D eigenvalue weighted by molar-refractivity contribution is 5.76. The molecule has 1 unspecified atom stereocenters. The molecule has 3 rings (SSSR count). The Kier molecular flexibility index (Phi) is 5.50. The summed E-state index contributed by atoms with van der Waals surface area (Å²) < 4.78 is 1.27. The van der Waals surface area contributed by atoms with Crippen molar-refractivity contribution in [1.82, 2.24) is 19.4 Å². The Balaban J connectivity index is 1.61. The highest BCUT2D eigenvalue weighted by Crippen LogP contribution is 2.21. The molecule has 1 aromatic heterocycles. The molecular weight excluding hydrogens is 308 g/mol. The lowest BCUT2D eigenvalue weighted by molar-refractivity contribution is -0.135. The first-order valence-electron chi connectivity index (χ1n) is 8.95. The molecule has 0 aromatic carbocycles. The van der Waals surface area contributed by atoms with E-state index in [1.54, 1.807) is 0 Å². The van der Waals surface area contributed by atoms with Crippen LogP contribution in [-0.4, -0.2) is 57.5 Å². The predicted octanol–water partition coefficient (Wildman–Crippen LogP) is 0.404. The molecule has 2 saturated heterocycles. The average molecular weight is 334 g/mol. The number of likely N-dealkylation sites (tertiary alicyclic amines) is 2. The van der Waals surface area contributed by atoms with E-state index in [9.17, 15) is 14.4 Å². The lowest BCUT2D eigenvalue weighted by atomic mass is 9.99. The molecule has 132 valence electrons. The van der Waals surface area contributed by atoms with Crippen molar-refractivity contribution in [2.24, 2.45) is 0 Å². The molecule has 3 heterocycles. The van der Waals surface area contributed by atoms with Gasteiger partial charge in [-0.1, -0.05) is 0 Å². The number of carbonyl (C=O) groups is 1. The van der Waals surface area contributed by atoms with Crippen LogP contribution in [-0.2, 0) is 11.3 Å². The third kappa shape index (κ3) is 4.14. The van der Waals surface area contributed by atoms with Crippen LogP contribution in [0.25, 0.3) is 0 Å². The van der Waals surface area contributed by atoms with E-state index < -0.39 is 11.2 Å². The summed E-state index contributed by atoms with van der Waals surface area (Å²) in [6.45, 7) is 4.16. The molecule has 24 heavy (non-hydrogen) atoms. The van der Waals surface area contributed by atoms with Gasteiger partial charge in [0.05, 0.1) is 0 Å². The van der Waals surface area contributed by atoms with Crippen LogP contribution < -0.4 is 11.2 Å². The average Bonchev–Trinajstić information content (AvgIpc) is 3.09. The molecule has 1 atom stereocenters. The van der Waals surface area contributed by atoms with Gasteiger partial charge in [-0.05, 0) is 51.6 Å². The molecular formula is C17H26N4O3. The number of piperidine rings is 1. The fourth-order valence-electron chi connectivity index (χ4n) is 3.77. The zero-order chi connectivity index (χ0) is 16.9. The van der Waals surface area contributed by atoms with E-state index in [4.69, 9.17) is 0 Å². The number of hydrogen-bond acceptors (Lipinski definition) is 4. The van der Waals surface area contributed by atoms with Gasteiger partial charge in [0.2, 0.25) is 5.91 Å². The van der Waals surface area contributed by atoms with Gasteiger partial charge in [-0.15, -0.1) is 0 Å². The Morgan fingerprint density at radius 1 is 1.12 bits per heavy atom. The molecule has 2 aliphatic rings. The van der Waals surface area contributed by atoms with Gasteiger partial charge in [0.15, 0.2) is 0 Å². The van der Waals surface area contributed by atoms with E-state index in [0.717, 1.165) is 38.8 Å². The van der Waals surface area contributed by atoms with Crippen molar-refractivity contribution in [3.05, 3.63) is 33.1 Å². The Bertz CT molecular complexity index is 675. The fraction of sp³-hybridized carbons (Fsp3) is 0.706. The van der Waals surface area contributed by atoms with E-state index in [1.165, 1.54) is 42.8 Å². The number of amides is 1. The number of aromatic nitrogens is 2. The number of nitrogens with zero attached hydrogens (tertiary/aromatic N) is 3. The minimum atomic E-state index is -0.526. The number of carbonyl (C=O) groups excluding carboxylic acids is 1. The van der Waals surface area contributed by atoms with Crippen molar-refractivity contribution in [3.63, 3.8) is 0 Å². The van der Waals surface area contributed by atoms with E-state index in [2.05, 4.69) is 9.88 Å². The van der Waals surface area contributed by atoms with Crippen LogP contribution >= 0.6 is 0 Å². The Morgan fingerprint density at radius 2 is 1.88 bits per heavy atom. The second-order valence-corrected chi connectivity index (χ2v) is 6.81. The number of H-pyrrole nitrogens is 1. The van der Waals surface area contributed by atoms with Crippen LogP contribution in [0.5, 0.6) is 0 Å². The van der Waals surface area contributed by atoms with E-state index in [-0.39, 0.29) is 18.5 Å². The van der Waals surface area contributed by atoms with Crippen LogP contribution in [0.2, 0.25) is 0 Å². The van der Waals surface area contributed by atoms with Crippen molar-refractivity contribution in [3.8, 4) is 0 Å². The number of nitrogens with one attached hydrogen (secondary N) is 1. The quantitative estimate of drug-likeness (QED) is 0.846.